The minimum absolute atomic E-state index is 0.249. The fourth-order valence-electron chi connectivity index (χ4n) is 2.05. The molecule has 0 radical (unpaired) electrons. The normalized spacial score (nSPS) is 22.3. The number of hydrogen-bond acceptors (Lipinski definition) is 2. The zero-order valence-corrected chi connectivity index (χ0v) is 13.4. The topological polar surface area (TPSA) is 20.3 Å². The molecule has 1 aliphatic rings. The minimum Gasteiger partial charge on any atom is -0.288 e. The summed E-state index contributed by atoms with van der Waals surface area (Å²) >= 11 is 11.6. The van der Waals surface area contributed by atoms with Gasteiger partial charge in [0.2, 0.25) is 0 Å². The van der Waals surface area contributed by atoms with Gasteiger partial charge in [0.15, 0.2) is 11.0 Å². The molecule has 0 N–H and O–H groups in total. The van der Waals surface area contributed by atoms with Crippen molar-refractivity contribution in [2.75, 3.05) is 11.4 Å². The van der Waals surface area contributed by atoms with Crippen molar-refractivity contribution in [3.05, 3.63) is 44.6 Å². The Kier molecular flexibility index (Phi) is 3.26. The van der Waals surface area contributed by atoms with Gasteiger partial charge in [-0.1, -0.05) is 18.2 Å². The van der Waals surface area contributed by atoms with Crippen LogP contribution < -0.4 is 4.31 Å². The van der Waals surface area contributed by atoms with Crippen molar-refractivity contribution in [1.29, 1.82) is 0 Å². The molecule has 0 spiro atoms. The van der Waals surface area contributed by atoms with Crippen LogP contribution in [-0.4, -0.2) is 11.3 Å². The first kappa shape index (κ1) is 12.7. The van der Waals surface area contributed by atoms with Crippen molar-refractivity contribution in [3.63, 3.8) is 0 Å². The highest BCUT2D eigenvalue weighted by molar-refractivity contribution is 9.10. The van der Waals surface area contributed by atoms with Gasteiger partial charge in [-0.05, 0) is 27.6 Å². The Morgan fingerprint density at radius 2 is 2.17 bits per heavy atom. The van der Waals surface area contributed by atoms with Crippen LogP contribution >= 0.6 is 38.9 Å². The van der Waals surface area contributed by atoms with Gasteiger partial charge in [-0.2, -0.15) is 0 Å². The van der Waals surface area contributed by atoms with E-state index < -0.39 is 11.0 Å². The Bertz CT molecular complexity index is 643. The first-order valence-electron chi connectivity index (χ1n) is 5.26. The number of thiophene rings is 1. The van der Waals surface area contributed by atoms with Gasteiger partial charge in [-0.3, -0.25) is 4.31 Å². The number of hydrogen-bond donors (Lipinski definition) is 0. The van der Waals surface area contributed by atoms with Gasteiger partial charge in [0, 0.05) is 12.4 Å². The van der Waals surface area contributed by atoms with E-state index in [1.165, 1.54) is 0 Å². The molecule has 2 atom stereocenters. The molecular weight excluding hydrogens is 354 g/mol. The number of anilines is 1. The molecule has 2 heterocycles. The maximum absolute atomic E-state index is 12.6. The molecule has 94 valence electrons. The first-order valence-corrected chi connectivity index (χ1v) is 8.48. The van der Waals surface area contributed by atoms with Gasteiger partial charge in [0.05, 0.1) is 25.3 Å². The van der Waals surface area contributed by atoms with E-state index in [9.17, 15) is 4.21 Å². The van der Waals surface area contributed by atoms with E-state index in [-0.39, 0.29) is 5.38 Å². The van der Waals surface area contributed by atoms with E-state index >= 15 is 0 Å². The molecule has 3 rings (SSSR count). The number of benzene rings is 1. The second-order valence-corrected chi connectivity index (χ2v) is 7.63. The molecule has 0 saturated carbocycles. The van der Waals surface area contributed by atoms with E-state index in [0.29, 0.717) is 0 Å². The molecule has 1 aromatic heterocycles. The van der Waals surface area contributed by atoms with Gasteiger partial charge in [0.1, 0.15) is 0 Å². The third-order valence-corrected chi connectivity index (χ3v) is 6.88. The van der Waals surface area contributed by atoms with Crippen LogP contribution in [-0.2, 0) is 11.0 Å². The van der Waals surface area contributed by atoms with Gasteiger partial charge >= 0.3 is 0 Å². The van der Waals surface area contributed by atoms with Crippen LogP contribution in [0.3, 0.4) is 0 Å². The Balaban J connectivity index is 2.32. The lowest BCUT2D eigenvalue weighted by Crippen LogP contribution is -2.20. The van der Waals surface area contributed by atoms with Crippen LogP contribution in [0.2, 0.25) is 0 Å². The quantitative estimate of drug-likeness (QED) is 0.639. The lowest BCUT2D eigenvalue weighted by molar-refractivity contribution is 0.681. The van der Waals surface area contributed by atoms with Crippen LogP contribution in [0.5, 0.6) is 0 Å². The summed E-state index contributed by atoms with van der Waals surface area (Å²) in [4.78, 5) is 1.82. The maximum Gasteiger partial charge on any atom is 0.153 e. The Morgan fingerprint density at radius 3 is 2.94 bits per heavy atom. The molecule has 6 heteroatoms. The molecule has 0 bridgehead atoms. The molecule has 18 heavy (non-hydrogen) atoms. The number of alkyl halides is 1. The summed E-state index contributed by atoms with van der Waals surface area (Å²) in [6.07, 6.45) is 0. The fourth-order valence-corrected chi connectivity index (χ4v) is 5.82. The molecule has 0 amide bonds. The summed E-state index contributed by atoms with van der Waals surface area (Å²) < 4.78 is 15.3. The summed E-state index contributed by atoms with van der Waals surface area (Å²) in [5.41, 5.74) is 1.85. The number of halogens is 2. The van der Waals surface area contributed by atoms with Crippen LogP contribution in [0, 0.1) is 0 Å². The van der Waals surface area contributed by atoms with Crippen molar-refractivity contribution >= 4 is 55.5 Å². The molecule has 0 aliphatic carbocycles. The zero-order chi connectivity index (χ0) is 12.9. The molecular formula is C12H9BrClNOS2. The molecule has 1 aliphatic heterocycles. The van der Waals surface area contributed by atoms with Crippen molar-refractivity contribution in [2.45, 2.75) is 10.3 Å². The average Bonchev–Trinajstić information content (AvgIpc) is 2.74. The summed E-state index contributed by atoms with van der Waals surface area (Å²) in [5, 5.41) is 1.74. The lowest BCUT2D eigenvalue weighted by Gasteiger charge is -2.16. The highest BCUT2D eigenvalue weighted by atomic mass is 79.9. The molecule has 0 saturated heterocycles. The largest absolute Gasteiger partial charge is 0.288 e. The van der Waals surface area contributed by atoms with E-state index in [0.717, 1.165) is 25.5 Å². The Hall–Kier alpha value is -0.360. The van der Waals surface area contributed by atoms with Crippen LogP contribution in [0.1, 0.15) is 15.8 Å². The standard InChI is InChI=1S/C12H9BrClNOS2/c1-15-11-8(13)6-17-12(11)10(14)7-4-2-3-5-9(7)18(15)16/h2-6,10H,1H3. The third-order valence-electron chi connectivity index (χ3n) is 2.92. The monoisotopic (exact) mass is 361 g/mol. The first-order chi connectivity index (χ1) is 8.61. The van der Waals surface area contributed by atoms with Gasteiger partial charge in [-0.25, -0.2) is 4.21 Å². The smallest absolute Gasteiger partial charge is 0.153 e. The molecule has 2 unspecified atom stereocenters. The highest BCUT2D eigenvalue weighted by Crippen LogP contribution is 2.48. The fraction of sp³-hybridized carbons (Fsp3) is 0.167. The highest BCUT2D eigenvalue weighted by Gasteiger charge is 2.31. The van der Waals surface area contributed by atoms with Crippen molar-refractivity contribution in [1.82, 2.24) is 0 Å². The predicted octanol–water partition coefficient (Wildman–Crippen LogP) is 4.31. The van der Waals surface area contributed by atoms with E-state index in [4.69, 9.17) is 11.6 Å². The number of rotatable bonds is 0. The van der Waals surface area contributed by atoms with E-state index in [1.807, 2.05) is 36.7 Å². The van der Waals surface area contributed by atoms with Gasteiger partial charge < -0.3 is 0 Å². The van der Waals surface area contributed by atoms with Crippen LogP contribution in [0.4, 0.5) is 5.69 Å². The molecule has 2 nitrogen and oxygen atoms in total. The number of nitrogens with zero attached hydrogens (tertiary/aromatic N) is 1. The van der Waals surface area contributed by atoms with Crippen molar-refractivity contribution in [3.8, 4) is 0 Å². The summed E-state index contributed by atoms with van der Waals surface area (Å²) in [6.45, 7) is 0. The second-order valence-electron chi connectivity index (χ2n) is 3.94. The maximum atomic E-state index is 12.6. The van der Waals surface area contributed by atoms with Gasteiger partial charge in [0.25, 0.3) is 0 Å². The molecule has 1 aromatic carbocycles. The third kappa shape index (κ3) is 1.76. The van der Waals surface area contributed by atoms with Crippen molar-refractivity contribution in [2.24, 2.45) is 0 Å². The zero-order valence-electron chi connectivity index (χ0n) is 9.39. The summed E-state index contributed by atoms with van der Waals surface area (Å²) in [6, 6.07) is 7.64. The molecule has 2 aromatic rings. The Labute approximate surface area is 125 Å². The Morgan fingerprint density at radius 1 is 1.44 bits per heavy atom. The van der Waals surface area contributed by atoms with Crippen LogP contribution in [0.25, 0.3) is 0 Å². The van der Waals surface area contributed by atoms with E-state index in [2.05, 4.69) is 15.9 Å². The SMILES string of the molecule is CN1c2c(Br)csc2C(Cl)c2ccccc2S1=O. The molecule has 0 fully saturated rings. The minimum atomic E-state index is -1.22. The van der Waals surface area contributed by atoms with E-state index in [1.54, 1.807) is 15.6 Å². The predicted molar refractivity (Wildman–Crippen MR) is 81.0 cm³/mol. The summed E-state index contributed by atoms with van der Waals surface area (Å²) in [7, 11) is 0.609. The number of fused-ring (bicyclic) bond motifs is 2. The second kappa shape index (κ2) is 4.63. The summed E-state index contributed by atoms with van der Waals surface area (Å²) in [5.74, 6) is 0. The lowest BCUT2D eigenvalue weighted by atomic mass is 10.1. The van der Waals surface area contributed by atoms with Crippen molar-refractivity contribution < 1.29 is 4.21 Å². The van der Waals surface area contributed by atoms with Gasteiger partial charge in [-0.15, -0.1) is 22.9 Å². The average molecular weight is 363 g/mol. The van der Waals surface area contributed by atoms with Crippen LogP contribution in [0.15, 0.2) is 39.0 Å².